The minimum Gasteiger partial charge on any atom is -0.370 e. The molecule has 0 spiro atoms. The van der Waals surface area contributed by atoms with Crippen molar-refractivity contribution in [2.75, 3.05) is 12.3 Å². The molecule has 2 rings (SSSR count). The number of imidazole rings is 1. The number of benzene rings is 1. The van der Waals surface area contributed by atoms with Gasteiger partial charge < -0.3 is 16.0 Å². The molecule has 0 amide bonds. The second kappa shape index (κ2) is 6.44. The Hall–Kier alpha value is -2.29. The third kappa shape index (κ3) is 3.63. The first-order valence-electron chi connectivity index (χ1n) is 6.27. The molecule has 0 saturated heterocycles. The number of non-ortho nitro benzene ring substituents is 1. The van der Waals surface area contributed by atoms with Crippen molar-refractivity contribution < 1.29 is 4.92 Å². The van der Waals surface area contributed by atoms with Gasteiger partial charge in [0.25, 0.3) is 5.69 Å². The number of nitrogens with two attached hydrogens (primary N) is 2. The van der Waals surface area contributed by atoms with Crippen LogP contribution < -0.4 is 11.5 Å². The summed E-state index contributed by atoms with van der Waals surface area (Å²) in [6.45, 7) is 2.58. The van der Waals surface area contributed by atoms with Crippen LogP contribution in [-0.4, -0.2) is 32.7 Å². The number of rotatable bonds is 6. The van der Waals surface area contributed by atoms with Gasteiger partial charge in [0.2, 0.25) is 0 Å². The van der Waals surface area contributed by atoms with E-state index in [9.17, 15) is 10.1 Å². The van der Waals surface area contributed by atoms with Crippen LogP contribution in [0.2, 0.25) is 0 Å². The van der Waals surface area contributed by atoms with Crippen LogP contribution in [0.5, 0.6) is 0 Å². The molecule has 0 aliphatic heterocycles. The van der Waals surface area contributed by atoms with Gasteiger partial charge in [0, 0.05) is 17.9 Å². The summed E-state index contributed by atoms with van der Waals surface area (Å²) >= 11 is 1.67. The van der Waals surface area contributed by atoms with Crippen molar-refractivity contribution >= 4 is 34.4 Å². The molecule has 1 aromatic heterocycles. The SMILES string of the molecule is CC(SCCN=C(N)N)n1cnc2cc([N+](=O)[O-])ccc21. The van der Waals surface area contributed by atoms with E-state index in [4.69, 9.17) is 11.5 Å². The molecule has 112 valence electrons. The van der Waals surface area contributed by atoms with Crippen LogP contribution in [0, 0.1) is 10.1 Å². The predicted molar refractivity (Wildman–Crippen MR) is 84.2 cm³/mol. The van der Waals surface area contributed by atoms with Gasteiger partial charge in [-0.15, -0.1) is 11.8 Å². The van der Waals surface area contributed by atoms with E-state index in [1.807, 2.05) is 11.5 Å². The number of nitrogens with zero attached hydrogens (tertiary/aromatic N) is 4. The summed E-state index contributed by atoms with van der Waals surface area (Å²) in [4.78, 5) is 18.5. The van der Waals surface area contributed by atoms with Gasteiger partial charge in [-0.05, 0) is 13.0 Å². The molecule has 1 unspecified atom stereocenters. The molecule has 2 aromatic rings. The van der Waals surface area contributed by atoms with Gasteiger partial charge in [-0.3, -0.25) is 15.1 Å². The lowest BCUT2D eigenvalue weighted by atomic mass is 10.3. The van der Waals surface area contributed by atoms with Gasteiger partial charge in [-0.1, -0.05) is 0 Å². The minimum atomic E-state index is -0.425. The number of thioether (sulfide) groups is 1. The number of hydrogen-bond donors (Lipinski definition) is 2. The summed E-state index contributed by atoms with van der Waals surface area (Å²) in [6.07, 6.45) is 1.69. The van der Waals surface area contributed by atoms with Crippen molar-refractivity contribution in [3.8, 4) is 0 Å². The standard InChI is InChI=1S/C12H16N6O2S/c1-8(21-5-4-15-12(13)14)17-7-16-10-6-9(18(19)20)2-3-11(10)17/h2-3,6-8H,4-5H2,1H3,(H4,13,14,15). The summed E-state index contributed by atoms with van der Waals surface area (Å²) < 4.78 is 1.97. The Morgan fingerprint density at radius 2 is 2.33 bits per heavy atom. The van der Waals surface area contributed by atoms with Crippen LogP contribution in [0.4, 0.5) is 5.69 Å². The first-order chi connectivity index (χ1) is 9.99. The van der Waals surface area contributed by atoms with Crippen molar-refractivity contribution in [1.82, 2.24) is 9.55 Å². The van der Waals surface area contributed by atoms with E-state index >= 15 is 0 Å². The largest absolute Gasteiger partial charge is 0.370 e. The Balaban J connectivity index is 2.11. The molecule has 0 aliphatic carbocycles. The van der Waals surface area contributed by atoms with Crippen LogP contribution >= 0.6 is 11.8 Å². The summed E-state index contributed by atoms with van der Waals surface area (Å²) in [5.41, 5.74) is 12.0. The molecule has 8 nitrogen and oxygen atoms in total. The molecular weight excluding hydrogens is 292 g/mol. The zero-order valence-electron chi connectivity index (χ0n) is 11.5. The fourth-order valence-electron chi connectivity index (χ4n) is 1.90. The van der Waals surface area contributed by atoms with Gasteiger partial charge in [0.15, 0.2) is 5.96 Å². The van der Waals surface area contributed by atoms with E-state index in [1.165, 1.54) is 12.1 Å². The maximum atomic E-state index is 10.7. The van der Waals surface area contributed by atoms with Gasteiger partial charge in [0.1, 0.15) is 0 Å². The summed E-state index contributed by atoms with van der Waals surface area (Å²) in [5, 5.41) is 10.9. The molecule has 0 fully saturated rings. The molecule has 0 aliphatic rings. The predicted octanol–water partition coefficient (Wildman–Crippen LogP) is 1.47. The number of fused-ring (bicyclic) bond motifs is 1. The van der Waals surface area contributed by atoms with E-state index < -0.39 is 4.92 Å². The minimum absolute atomic E-state index is 0.0424. The number of aliphatic imine (C=N–C) groups is 1. The van der Waals surface area contributed by atoms with Crippen LogP contribution in [0.3, 0.4) is 0 Å². The average molecular weight is 308 g/mol. The Labute approximate surface area is 125 Å². The third-order valence-corrected chi connectivity index (χ3v) is 4.03. The highest BCUT2D eigenvalue weighted by Gasteiger charge is 2.13. The lowest BCUT2D eigenvalue weighted by Crippen LogP contribution is -2.23. The summed E-state index contributed by atoms with van der Waals surface area (Å²) in [5.74, 6) is 0.856. The highest BCUT2D eigenvalue weighted by molar-refractivity contribution is 7.99. The van der Waals surface area contributed by atoms with E-state index in [-0.39, 0.29) is 17.0 Å². The highest BCUT2D eigenvalue weighted by atomic mass is 32.2. The van der Waals surface area contributed by atoms with Crippen molar-refractivity contribution in [3.63, 3.8) is 0 Å². The Morgan fingerprint density at radius 3 is 3.00 bits per heavy atom. The van der Waals surface area contributed by atoms with Crippen LogP contribution in [0.15, 0.2) is 29.5 Å². The highest BCUT2D eigenvalue weighted by Crippen LogP contribution is 2.28. The maximum absolute atomic E-state index is 10.7. The zero-order chi connectivity index (χ0) is 15.4. The second-order valence-electron chi connectivity index (χ2n) is 4.36. The Bertz CT molecular complexity index is 679. The fourth-order valence-corrected chi connectivity index (χ4v) is 2.77. The van der Waals surface area contributed by atoms with E-state index in [0.29, 0.717) is 12.1 Å². The van der Waals surface area contributed by atoms with Gasteiger partial charge in [-0.25, -0.2) is 4.98 Å². The lowest BCUT2D eigenvalue weighted by molar-refractivity contribution is -0.384. The molecule has 1 heterocycles. The van der Waals surface area contributed by atoms with Gasteiger partial charge in [-0.2, -0.15) is 0 Å². The van der Waals surface area contributed by atoms with Crippen LogP contribution in [0.1, 0.15) is 12.3 Å². The quantitative estimate of drug-likeness (QED) is 0.274. The molecule has 1 aromatic carbocycles. The van der Waals surface area contributed by atoms with Gasteiger partial charge >= 0.3 is 0 Å². The molecule has 21 heavy (non-hydrogen) atoms. The summed E-state index contributed by atoms with van der Waals surface area (Å²) in [6, 6.07) is 4.67. The first kappa shape index (κ1) is 15.1. The summed E-state index contributed by atoms with van der Waals surface area (Å²) in [7, 11) is 0. The molecule has 0 radical (unpaired) electrons. The number of nitro groups is 1. The van der Waals surface area contributed by atoms with Crippen molar-refractivity contribution in [3.05, 3.63) is 34.6 Å². The van der Waals surface area contributed by atoms with Crippen LogP contribution in [-0.2, 0) is 0 Å². The van der Waals surface area contributed by atoms with E-state index in [2.05, 4.69) is 9.98 Å². The number of nitro benzene ring substituents is 1. The zero-order valence-corrected chi connectivity index (χ0v) is 12.3. The number of aromatic nitrogens is 2. The smallest absolute Gasteiger partial charge is 0.271 e. The molecule has 9 heteroatoms. The van der Waals surface area contributed by atoms with E-state index in [0.717, 1.165) is 11.3 Å². The lowest BCUT2D eigenvalue weighted by Gasteiger charge is -2.13. The van der Waals surface area contributed by atoms with Gasteiger partial charge in [0.05, 0.1) is 34.2 Å². The molecular formula is C12H16N6O2S. The molecule has 4 N–H and O–H groups in total. The topological polar surface area (TPSA) is 125 Å². The number of guanidine groups is 1. The van der Waals surface area contributed by atoms with Crippen LogP contribution in [0.25, 0.3) is 11.0 Å². The molecule has 1 atom stereocenters. The first-order valence-corrected chi connectivity index (χ1v) is 7.32. The molecule has 0 saturated carbocycles. The number of hydrogen-bond acceptors (Lipinski definition) is 5. The van der Waals surface area contributed by atoms with E-state index in [1.54, 1.807) is 24.2 Å². The normalized spacial score (nSPS) is 12.2. The molecule has 0 bridgehead atoms. The third-order valence-electron chi connectivity index (χ3n) is 2.91. The second-order valence-corrected chi connectivity index (χ2v) is 5.78. The monoisotopic (exact) mass is 308 g/mol. The fraction of sp³-hybridized carbons (Fsp3) is 0.333. The van der Waals surface area contributed by atoms with Crippen molar-refractivity contribution in [2.45, 2.75) is 12.3 Å². The van der Waals surface area contributed by atoms with Crippen molar-refractivity contribution in [1.29, 1.82) is 0 Å². The Kier molecular flexibility index (Phi) is 4.63. The van der Waals surface area contributed by atoms with Crippen molar-refractivity contribution in [2.24, 2.45) is 16.5 Å². The maximum Gasteiger partial charge on any atom is 0.271 e. The Morgan fingerprint density at radius 1 is 1.57 bits per heavy atom. The average Bonchev–Trinajstić information content (AvgIpc) is 2.86.